The smallest absolute Gasteiger partial charge is 0.252 e. The van der Waals surface area contributed by atoms with E-state index in [2.05, 4.69) is 9.97 Å². The van der Waals surface area contributed by atoms with Gasteiger partial charge in [-0.3, -0.25) is 9.78 Å². The molecule has 0 saturated heterocycles. The Balaban J connectivity index is 2.71. The van der Waals surface area contributed by atoms with Crippen LogP contribution >= 0.6 is 12.2 Å². The van der Waals surface area contributed by atoms with Gasteiger partial charge in [-0.15, -0.1) is 0 Å². The van der Waals surface area contributed by atoms with Crippen LogP contribution in [0.1, 0.15) is 11.1 Å². The molecule has 82 valence electrons. The Labute approximate surface area is 98.2 Å². The van der Waals surface area contributed by atoms with Gasteiger partial charge >= 0.3 is 0 Å². The van der Waals surface area contributed by atoms with Crippen LogP contribution in [0.4, 0.5) is 0 Å². The van der Waals surface area contributed by atoms with E-state index in [4.69, 9.17) is 12.2 Å². The van der Waals surface area contributed by atoms with E-state index in [-0.39, 0.29) is 5.56 Å². The van der Waals surface area contributed by atoms with Crippen LogP contribution in [0.3, 0.4) is 0 Å². The Morgan fingerprint density at radius 2 is 1.88 bits per heavy atom. The topological polar surface area (TPSA) is 48.6 Å². The molecule has 2 aromatic rings. The molecule has 3 nitrogen and oxygen atoms in total. The molecule has 1 aromatic heterocycles. The maximum atomic E-state index is 11.3. The van der Waals surface area contributed by atoms with Gasteiger partial charge in [0.15, 0.2) is 4.77 Å². The highest BCUT2D eigenvalue weighted by Gasteiger charge is 2.03. The Bertz CT molecular complexity index is 612. The molecule has 0 spiro atoms. The van der Waals surface area contributed by atoms with E-state index in [0.29, 0.717) is 4.77 Å². The second kappa shape index (κ2) is 4.06. The average Bonchev–Trinajstić information content (AvgIpc) is 2.20. The van der Waals surface area contributed by atoms with E-state index in [1.165, 1.54) is 6.07 Å². The molecule has 0 aliphatic rings. The van der Waals surface area contributed by atoms with Crippen molar-refractivity contribution in [2.24, 2.45) is 0 Å². The summed E-state index contributed by atoms with van der Waals surface area (Å²) < 4.78 is 0.350. The summed E-state index contributed by atoms with van der Waals surface area (Å²) in [4.78, 5) is 16.8. The minimum absolute atomic E-state index is 0.181. The molecule has 1 aromatic carbocycles. The largest absolute Gasteiger partial charge is 0.332 e. The summed E-state index contributed by atoms with van der Waals surface area (Å²) in [7, 11) is 0. The second-order valence-electron chi connectivity index (χ2n) is 3.82. The summed E-state index contributed by atoms with van der Waals surface area (Å²) in [5.41, 5.74) is 3.86. The third-order valence-electron chi connectivity index (χ3n) is 2.44. The minimum atomic E-state index is -0.181. The Kier molecular flexibility index (Phi) is 2.75. The molecule has 2 rings (SSSR count). The van der Waals surface area contributed by atoms with Crippen molar-refractivity contribution in [2.75, 3.05) is 0 Å². The van der Waals surface area contributed by atoms with Crippen molar-refractivity contribution in [1.82, 2.24) is 9.97 Å². The van der Waals surface area contributed by atoms with Gasteiger partial charge in [-0.25, -0.2) is 0 Å². The van der Waals surface area contributed by atoms with E-state index in [9.17, 15) is 4.79 Å². The van der Waals surface area contributed by atoms with E-state index in [1.807, 2.05) is 32.0 Å². The number of aromatic amines is 2. The van der Waals surface area contributed by atoms with Crippen LogP contribution in [0.15, 0.2) is 29.1 Å². The number of aryl methyl sites for hydroxylation is 2. The van der Waals surface area contributed by atoms with Gasteiger partial charge in [0.05, 0.1) is 5.69 Å². The minimum Gasteiger partial charge on any atom is -0.332 e. The molecule has 0 saturated carbocycles. The summed E-state index contributed by atoms with van der Waals surface area (Å²) in [6.07, 6.45) is 0. The van der Waals surface area contributed by atoms with Gasteiger partial charge in [-0.05, 0) is 37.7 Å². The van der Waals surface area contributed by atoms with Gasteiger partial charge in [0.25, 0.3) is 5.56 Å². The molecular formula is C12H12N2OS. The second-order valence-corrected chi connectivity index (χ2v) is 4.23. The molecule has 0 radical (unpaired) electrons. The molecule has 0 unspecified atom stereocenters. The maximum Gasteiger partial charge on any atom is 0.252 e. The van der Waals surface area contributed by atoms with Crippen LogP contribution in [-0.4, -0.2) is 9.97 Å². The van der Waals surface area contributed by atoms with Crippen LogP contribution in [-0.2, 0) is 0 Å². The molecule has 16 heavy (non-hydrogen) atoms. The molecule has 0 bridgehead atoms. The van der Waals surface area contributed by atoms with Crippen LogP contribution in [0.5, 0.6) is 0 Å². The van der Waals surface area contributed by atoms with Crippen LogP contribution in [0, 0.1) is 18.6 Å². The molecule has 0 amide bonds. The van der Waals surface area contributed by atoms with Gasteiger partial charge in [-0.1, -0.05) is 17.7 Å². The van der Waals surface area contributed by atoms with Gasteiger partial charge in [0, 0.05) is 11.6 Å². The number of hydrogen-bond donors (Lipinski definition) is 2. The Morgan fingerprint density at radius 3 is 2.56 bits per heavy atom. The predicted molar refractivity (Wildman–Crippen MR) is 67.2 cm³/mol. The number of hydrogen-bond acceptors (Lipinski definition) is 2. The summed E-state index contributed by atoms with van der Waals surface area (Å²) in [5.74, 6) is 0. The molecule has 0 atom stereocenters. The number of aromatic nitrogens is 2. The predicted octanol–water partition coefficient (Wildman–Crippen LogP) is 2.72. The van der Waals surface area contributed by atoms with Crippen LogP contribution in [0.2, 0.25) is 0 Å². The SMILES string of the molecule is Cc1ccc(C)c(-c2cc(=O)[nH]c(=S)[nH]2)c1. The molecule has 0 aliphatic heterocycles. The van der Waals surface area contributed by atoms with Crippen molar-refractivity contribution in [1.29, 1.82) is 0 Å². The van der Waals surface area contributed by atoms with Crippen molar-refractivity contribution < 1.29 is 0 Å². The first kappa shape index (κ1) is 10.8. The maximum absolute atomic E-state index is 11.3. The number of benzene rings is 1. The molecule has 4 heteroatoms. The van der Waals surface area contributed by atoms with E-state index in [0.717, 1.165) is 22.4 Å². The lowest BCUT2D eigenvalue weighted by molar-refractivity contribution is 1.09. The zero-order chi connectivity index (χ0) is 11.7. The molecule has 2 N–H and O–H groups in total. The zero-order valence-corrected chi connectivity index (χ0v) is 9.94. The number of rotatable bonds is 1. The first-order valence-corrected chi connectivity index (χ1v) is 5.38. The first-order valence-electron chi connectivity index (χ1n) is 4.97. The summed E-state index contributed by atoms with van der Waals surface area (Å²) >= 11 is 4.95. The highest BCUT2D eigenvalue weighted by molar-refractivity contribution is 7.71. The van der Waals surface area contributed by atoms with Crippen molar-refractivity contribution in [3.05, 3.63) is 50.5 Å². The fourth-order valence-electron chi connectivity index (χ4n) is 1.64. The van der Waals surface area contributed by atoms with Crippen molar-refractivity contribution in [3.63, 3.8) is 0 Å². The lowest BCUT2D eigenvalue weighted by Gasteiger charge is -2.06. The highest BCUT2D eigenvalue weighted by Crippen LogP contribution is 2.21. The molecular weight excluding hydrogens is 220 g/mol. The van der Waals surface area contributed by atoms with Gasteiger partial charge in [0.2, 0.25) is 0 Å². The lowest BCUT2D eigenvalue weighted by atomic mass is 10.0. The normalized spacial score (nSPS) is 10.4. The molecule has 0 aliphatic carbocycles. The molecule has 1 heterocycles. The zero-order valence-electron chi connectivity index (χ0n) is 9.13. The quantitative estimate of drug-likeness (QED) is 0.743. The standard InChI is InChI=1S/C12H12N2OS/c1-7-3-4-8(2)9(5-7)10-6-11(15)14-12(16)13-10/h3-6H,1-2H3,(H2,13,14,15,16). The van der Waals surface area contributed by atoms with E-state index in [1.54, 1.807) is 0 Å². The van der Waals surface area contributed by atoms with Crippen LogP contribution < -0.4 is 5.56 Å². The monoisotopic (exact) mass is 232 g/mol. The summed E-state index contributed by atoms with van der Waals surface area (Å²) in [6, 6.07) is 7.64. The lowest BCUT2D eigenvalue weighted by Crippen LogP contribution is -2.06. The first-order chi connectivity index (χ1) is 7.56. The van der Waals surface area contributed by atoms with Crippen molar-refractivity contribution in [2.45, 2.75) is 13.8 Å². The Morgan fingerprint density at radius 1 is 1.12 bits per heavy atom. The fourth-order valence-corrected chi connectivity index (χ4v) is 1.85. The van der Waals surface area contributed by atoms with Gasteiger partial charge < -0.3 is 4.98 Å². The van der Waals surface area contributed by atoms with Crippen molar-refractivity contribution in [3.8, 4) is 11.3 Å². The number of H-pyrrole nitrogens is 2. The van der Waals surface area contributed by atoms with E-state index >= 15 is 0 Å². The third-order valence-corrected chi connectivity index (χ3v) is 2.65. The highest BCUT2D eigenvalue weighted by atomic mass is 32.1. The Hall–Kier alpha value is -1.68. The molecule has 0 fully saturated rings. The average molecular weight is 232 g/mol. The van der Waals surface area contributed by atoms with Crippen LogP contribution in [0.25, 0.3) is 11.3 Å². The summed E-state index contributed by atoms with van der Waals surface area (Å²) in [6.45, 7) is 4.03. The van der Waals surface area contributed by atoms with Gasteiger partial charge in [-0.2, -0.15) is 0 Å². The third kappa shape index (κ3) is 2.12. The van der Waals surface area contributed by atoms with E-state index < -0.39 is 0 Å². The fraction of sp³-hybridized carbons (Fsp3) is 0.167. The van der Waals surface area contributed by atoms with Crippen molar-refractivity contribution >= 4 is 12.2 Å². The summed E-state index contributed by atoms with van der Waals surface area (Å²) in [5, 5.41) is 0. The number of nitrogens with one attached hydrogen (secondary N) is 2. The van der Waals surface area contributed by atoms with Gasteiger partial charge in [0.1, 0.15) is 0 Å².